The summed E-state index contributed by atoms with van der Waals surface area (Å²) in [5.41, 5.74) is 3.01. The fourth-order valence-corrected chi connectivity index (χ4v) is 4.33. The second-order valence-electron chi connectivity index (χ2n) is 6.15. The van der Waals surface area contributed by atoms with Crippen molar-refractivity contribution in [2.24, 2.45) is 0 Å². The number of furan rings is 1. The third-order valence-electron chi connectivity index (χ3n) is 4.15. The summed E-state index contributed by atoms with van der Waals surface area (Å²) in [7, 11) is 0. The Hall–Kier alpha value is -2.70. The maximum absolute atomic E-state index is 13.0. The summed E-state index contributed by atoms with van der Waals surface area (Å²) in [5.74, 6) is 0.814. The van der Waals surface area contributed by atoms with Crippen molar-refractivity contribution in [3.8, 4) is 10.6 Å². The van der Waals surface area contributed by atoms with Gasteiger partial charge in [-0.25, -0.2) is 4.98 Å². The zero-order chi connectivity index (χ0) is 18.5. The van der Waals surface area contributed by atoms with Gasteiger partial charge in [-0.2, -0.15) is 11.3 Å². The van der Waals surface area contributed by atoms with Gasteiger partial charge < -0.3 is 9.32 Å². The molecular formula is C21H18N2O2S2. The van der Waals surface area contributed by atoms with Crippen LogP contribution in [0.25, 0.3) is 10.6 Å². The van der Waals surface area contributed by atoms with Gasteiger partial charge in [0.05, 0.1) is 24.9 Å². The molecule has 1 amide bonds. The summed E-state index contributed by atoms with van der Waals surface area (Å²) in [6.45, 7) is 0.990. The monoisotopic (exact) mass is 394 g/mol. The maximum atomic E-state index is 13.0. The fourth-order valence-electron chi connectivity index (χ4n) is 2.80. The number of amides is 1. The van der Waals surface area contributed by atoms with Crippen LogP contribution in [0.1, 0.15) is 17.0 Å². The number of thiophene rings is 1. The van der Waals surface area contributed by atoms with E-state index >= 15 is 0 Å². The van der Waals surface area contributed by atoms with Crippen LogP contribution >= 0.6 is 22.7 Å². The number of rotatable bonds is 7. The molecule has 0 aliphatic carbocycles. The highest BCUT2D eigenvalue weighted by Crippen LogP contribution is 2.26. The van der Waals surface area contributed by atoms with Crippen molar-refractivity contribution in [2.45, 2.75) is 19.5 Å². The van der Waals surface area contributed by atoms with E-state index in [-0.39, 0.29) is 12.3 Å². The minimum atomic E-state index is 0.0393. The van der Waals surface area contributed by atoms with Crippen LogP contribution in [0.3, 0.4) is 0 Å². The Labute approximate surface area is 165 Å². The molecule has 136 valence electrons. The van der Waals surface area contributed by atoms with Gasteiger partial charge in [0.1, 0.15) is 10.8 Å². The quantitative estimate of drug-likeness (QED) is 0.431. The highest BCUT2D eigenvalue weighted by Gasteiger charge is 2.18. The van der Waals surface area contributed by atoms with Crippen LogP contribution in [-0.4, -0.2) is 15.8 Å². The molecule has 0 saturated carbocycles. The van der Waals surface area contributed by atoms with Crippen LogP contribution in [0.5, 0.6) is 0 Å². The summed E-state index contributed by atoms with van der Waals surface area (Å²) < 4.78 is 5.45. The lowest BCUT2D eigenvalue weighted by Gasteiger charge is -2.21. The van der Waals surface area contributed by atoms with E-state index in [1.54, 1.807) is 28.9 Å². The summed E-state index contributed by atoms with van der Waals surface area (Å²) in [6, 6.07) is 15.8. The van der Waals surface area contributed by atoms with E-state index in [9.17, 15) is 4.79 Å². The number of hydrogen-bond acceptors (Lipinski definition) is 5. The summed E-state index contributed by atoms with van der Waals surface area (Å²) >= 11 is 3.22. The van der Waals surface area contributed by atoms with Gasteiger partial charge in [-0.15, -0.1) is 11.3 Å². The average molecular weight is 395 g/mol. The maximum Gasteiger partial charge on any atom is 0.229 e. The molecule has 0 radical (unpaired) electrons. The van der Waals surface area contributed by atoms with Gasteiger partial charge in [-0.3, -0.25) is 4.79 Å². The molecule has 6 heteroatoms. The predicted molar refractivity (Wildman–Crippen MR) is 109 cm³/mol. The van der Waals surface area contributed by atoms with Crippen molar-refractivity contribution < 1.29 is 9.21 Å². The van der Waals surface area contributed by atoms with Crippen molar-refractivity contribution in [3.05, 3.63) is 88.0 Å². The fraction of sp³-hybridized carbons (Fsp3) is 0.143. The van der Waals surface area contributed by atoms with E-state index in [0.29, 0.717) is 13.1 Å². The molecule has 0 fully saturated rings. The molecule has 0 aliphatic rings. The molecule has 0 spiro atoms. The van der Waals surface area contributed by atoms with E-state index < -0.39 is 0 Å². The Morgan fingerprint density at radius 1 is 1.04 bits per heavy atom. The minimum Gasteiger partial charge on any atom is -0.467 e. The van der Waals surface area contributed by atoms with Crippen molar-refractivity contribution in [2.75, 3.05) is 0 Å². The Morgan fingerprint density at radius 2 is 1.93 bits per heavy atom. The van der Waals surface area contributed by atoms with Crippen molar-refractivity contribution in [1.29, 1.82) is 0 Å². The van der Waals surface area contributed by atoms with E-state index in [1.165, 1.54) is 0 Å². The van der Waals surface area contributed by atoms with Gasteiger partial charge in [0.25, 0.3) is 0 Å². The molecule has 3 aromatic heterocycles. The SMILES string of the molecule is O=C(Cc1csc(-c2ccsc2)n1)N(Cc1ccccc1)Cc1ccco1. The lowest BCUT2D eigenvalue weighted by molar-refractivity contribution is -0.132. The van der Waals surface area contributed by atoms with E-state index in [1.807, 2.05) is 64.2 Å². The Bertz CT molecular complexity index is 977. The molecule has 4 rings (SSSR count). The second-order valence-corrected chi connectivity index (χ2v) is 7.79. The van der Waals surface area contributed by atoms with Gasteiger partial charge in [0.15, 0.2) is 0 Å². The van der Waals surface area contributed by atoms with Crippen LogP contribution in [-0.2, 0) is 24.3 Å². The smallest absolute Gasteiger partial charge is 0.229 e. The highest BCUT2D eigenvalue weighted by molar-refractivity contribution is 7.14. The van der Waals surface area contributed by atoms with Crippen LogP contribution in [0.4, 0.5) is 0 Å². The molecule has 4 nitrogen and oxygen atoms in total. The first-order valence-corrected chi connectivity index (χ1v) is 10.4. The highest BCUT2D eigenvalue weighted by atomic mass is 32.1. The summed E-state index contributed by atoms with van der Waals surface area (Å²) in [5, 5.41) is 7.04. The van der Waals surface area contributed by atoms with Crippen molar-refractivity contribution >= 4 is 28.6 Å². The number of nitrogens with zero attached hydrogens (tertiary/aromatic N) is 2. The van der Waals surface area contributed by atoms with Gasteiger partial charge >= 0.3 is 0 Å². The number of hydrogen-bond donors (Lipinski definition) is 0. The Kier molecular flexibility index (Phi) is 5.46. The topological polar surface area (TPSA) is 46.3 Å². The molecule has 1 aromatic carbocycles. The number of carbonyl (C=O) groups is 1. The molecule has 0 aliphatic heterocycles. The normalized spacial score (nSPS) is 10.8. The third kappa shape index (κ3) is 4.53. The summed E-state index contributed by atoms with van der Waals surface area (Å²) in [4.78, 5) is 19.4. The zero-order valence-corrected chi connectivity index (χ0v) is 16.2. The van der Waals surface area contributed by atoms with Gasteiger partial charge in [-0.1, -0.05) is 30.3 Å². The standard InChI is InChI=1S/C21H18N2O2S2/c24-20(11-18-15-27-21(22-18)17-8-10-26-14-17)23(13-19-7-4-9-25-19)12-16-5-2-1-3-6-16/h1-10,14-15H,11-13H2. The first kappa shape index (κ1) is 17.7. The second kappa shape index (κ2) is 8.33. The number of aromatic nitrogens is 1. The van der Waals surface area contributed by atoms with Gasteiger partial charge in [-0.05, 0) is 29.1 Å². The molecule has 0 saturated heterocycles. The van der Waals surface area contributed by atoms with E-state index in [0.717, 1.165) is 27.6 Å². The number of carbonyl (C=O) groups excluding carboxylic acids is 1. The molecule has 0 bridgehead atoms. The molecular weight excluding hydrogens is 376 g/mol. The molecule has 0 unspecified atom stereocenters. The average Bonchev–Trinajstić information content (AvgIpc) is 3.44. The van der Waals surface area contributed by atoms with Crippen LogP contribution in [0.15, 0.2) is 75.4 Å². The summed E-state index contributed by atoms with van der Waals surface area (Å²) in [6.07, 6.45) is 1.92. The third-order valence-corrected chi connectivity index (χ3v) is 5.77. The largest absolute Gasteiger partial charge is 0.467 e. The first-order valence-electron chi connectivity index (χ1n) is 8.59. The molecule has 4 aromatic rings. The van der Waals surface area contributed by atoms with Crippen LogP contribution in [0, 0.1) is 0 Å². The number of benzene rings is 1. The lowest BCUT2D eigenvalue weighted by atomic mass is 10.2. The predicted octanol–water partition coefficient (Wildman–Crippen LogP) is 5.24. The Morgan fingerprint density at radius 3 is 2.67 bits per heavy atom. The lowest BCUT2D eigenvalue weighted by Crippen LogP contribution is -2.31. The number of thiazole rings is 1. The van der Waals surface area contributed by atoms with Crippen LogP contribution < -0.4 is 0 Å². The Balaban J connectivity index is 1.49. The first-order chi connectivity index (χ1) is 13.3. The van der Waals surface area contributed by atoms with E-state index in [2.05, 4.69) is 10.4 Å². The van der Waals surface area contributed by atoms with Crippen molar-refractivity contribution in [3.63, 3.8) is 0 Å². The van der Waals surface area contributed by atoms with Crippen molar-refractivity contribution in [1.82, 2.24) is 9.88 Å². The van der Waals surface area contributed by atoms with Gasteiger partial charge in [0.2, 0.25) is 5.91 Å². The molecule has 0 atom stereocenters. The van der Waals surface area contributed by atoms with Crippen LogP contribution in [0.2, 0.25) is 0 Å². The minimum absolute atomic E-state index is 0.0393. The molecule has 0 N–H and O–H groups in total. The molecule has 3 heterocycles. The van der Waals surface area contributed by atoms with Gasteiger partial charge in [0, 0.05) is 22.9 Å². The molecule has 27 heavy (non-hydrogen) atoms. The van der Waals surface area contributed by atoms with E-state index in [4.69, 9.17) is 4.42 Å². The zero-order valence-electron chi connectivity index (χ0n) is 14.6.